The third kappa shape index (κ3) is 5.46. The number of hydrogen-bond donors (Lipinski definition) is 2. The van der Waals surface area contributed by atoms with Crippen molar-refractivity contribution in [3.05, 3.63) is 102 Å². The van der Waals surface area contributed by atoms with E-state index < -0.39 is 31.6 Å². The van der Waals surface area contributed by atoms with Crippen LogP contribution in [0.15, 0.2) is 85.1 Å². The monoisotopic (exact) mass is 668 g/mol. The summed E-state index contributed by atoms with van der Waals surface area (Å²) in [6.45, 7) is 7.01. The quantitative estimate of drug-likeness (QED) is 0.193. The largest absolute Gasteiger partial charge is 0.395 e. The number of carbonyl (C=O) groups excluding carboxylic acids is 2. The van der Waals surface area contributed by atoms with Gasteiger partial charge < -0.3 is 24.2 Å². The molecule has 0 aliphatic carbocycles. The zero-order chi connectivity index (χ0) is 33.6. The van der Waals surface area contributed by atoms with Gasteiger partial charge in [0, 0.05) is 54.2 Å². The number of carbonyl (C=O) groups is 2. The van der Waals surface area contributed by atoms with Gasteiger partial charge in [0.2, 0.25) is 14.3 Å². The SMILES string of the molecule is C[C@@H]1[C@@H]([Si](C)(C)F)[C@H](CCn2cc(C(CO)c3ccccc3)nn2)O[C@@]12C(=O)N(c1ccccc1)c1ccc(N3CCNCC3=O)cc12. The van der Waals surface area contributed by atoms with Gasteiger partial charge in [-0.15, -0.1) is 5.10 Å². The topological polar surface area (TPSA) is 113 Å². The highest BCUT2D eigenvalue weighted by atomic mass is 28.4. The molecule has 7 rings (SSSR count). The van der Waals surface area contributed by atoms with Crippen molar-refractivity contribution in [1.29, 1.82) is 0 Å². The number of nitrogens with zero attached hydrogens (tertiary/aromatic N) is 5. The Balaban J connectivity index is 1.24. The van der Waals surface area contributed by atoms with Crippen LogP contribution in [0.1, 0.15) is 36.1 Å². The summed E-state index contributed by atoms with van der Waals surface area (Å²) in [5, 5.41) is 22.0. The van der Waals surface area contributed by atoms with E-state index in [0.717, 1.165) is 5.56 Å². The summed E-state index contributed by atoms with van der Waals surface area (Å²) in [7, 11) is -3.40. The van der Waals surface area contributed by atoms with Crippen molar-refractivity contribution >= 4 is 37.3 Å². The van der Waals surface area contributed by atoms with E-state index in [9.17, 15) is 14.7 Å². The van der Waals surface area contributed by atoms with Crippen LogP contribution in [0.25, 0.3) is 0 Å². The van der Waals surface area contributed by atoms with E-state index in [1.54, 1.807) is 27.6 Å². The maximum atomic E-state index is 16.5. The number of nitrogens with one attached hydrogen (secondary N) is 1. The first-order valence-corrected chi connectivity index (χ1v) is 19.6. The molecule has 3 aliphatic rings. The summed E-state index contributed by atoms with van der Waals surface area (Å²) >= 11 is 0. The zero-order valence-electron chi connectivity index (χ0n) is 27.4. The molecular weight excluding hydrogens is 628 g/mol. The van der Waals surface area contributed by atoms with Gasteiger partial charge in [-0.05, 0) is 55.4 Å². The van der Waals surface area contributed by atoms with Crippen LogP contribution in [0.3, 0.4) is 0 Å². The number of benzene rings is 3. The molecular formula is C36H41FN6O4Si. The molecule has 5 atom stereocenters. The molecule has 2 saturated heterocycles. The number of aryl methyl sites for hydroxylation is 1. The number of ether oxygens (including phenoxy) is 1. The first-order valence-electron chi connectivity index (χ1n) is 16.6. The molecule has 0 radical (unpaired) electrons. The average molecular weight is 669 g/mol. The van der Waals surface area contributed by atoms with Crippen molar-refractivity contribution in [2.75, 3.05) is 36.0 Å². The number of hydrogen-bond acceptors (Lipinski definition) is 7. The fourth-order valence-corrected chi connectivity index (χ4v) is 10.6. The number of halogens is 1. The molecule has 1 spiro atoms. The van der Waals surface area contributed by atoms with Crippen LogP contribution < -0.4 is 15.1 Å². The van der Waals surface area contributed by atoms with Crippen molar-refractivity contribution in [2.24, 2.45) is 5.92 Å². The highest BCUT2D eigenvalue weighted by Crippen LogP contribution is 2.61. The number of aliphatic hydroxyl groups excluding tert-OH is 1. The molecule has 10 nitrogen and oxygen atoms in total. The summed E-state index contributed by atoms with van der Waals surface area (Å²) in [5.74, 6) is -1.09. The number of anilines is 3. The van der Waals surface area contributed by atoms with Gasteiger partial charge in [-0.2, -0.15) is 0 Å². The Morgan fingerprint density at radius 2 is 1.79 bits per heavy atom. The second-order valence-electron chi connectivity index (χ2n) is 13.5. The third-order valence-electron chi connectivity index (χ3n) is 10.2. The zero-order valence-corrected chi connectivity index (χ0v) is 28.4. The van der Waals surface area contributed by atoms with E-state index in [1.807, 2.05) is 92.0 Å². The summed E-state index contributed by atoms with van der Waals surface area (Å²) in [5.41, 5.74) is 2.39. The van der Waals surface area contributed by atoms with Crippen molar-refractivity contribution in [3.8, 4) is 0 Å². The standard InChI is InChI=1S/C36H41FN6O4Si/c1-24-34(48(2,3)37)32(16-18-41-22-30(39-40-41)28(23-44)25-10-6-4-7-11-25)47-36(24)29-20-27(42-19-17-38-21-33(42)45)14-15-31(29)43(35(36)46)26-12-8-5-9-13-26/h4-15,20,22,24,28,32,34,38,44H,16-19,21,23H2,1-3H3/t24-,28?,32+,34-,36+/m1/s1. The minimum absolute atomic E-state index is 0.0455. The Bertz CT molecular complexity index is 1800. The second-order valence-corrected chi connectivity index (χ2v) is 17.3. The Labute approximate surface area is 280 Å². The number of amides is 2. The Morgan fingerprint density at radius 3 is 2.48 bits per heavy atom. The molecule has 1 unspecified atom stereocenters. The van der Waals surface area contributed by atoms with E-state index in [0.29, 0.717) is 54.4 Å². The molecule has 1 aromatic heterocycles. The summed E-state index contributed by atoms with van der Waals surface area (Å²) < 4.78 is 25.1. The lowest BCUT2D eigenvalue weighted by molar-refractivity contribution is -0.145. The van der Waals surface area contributed by atoms with E-state index in [1.165, 1.54) is 0 Å². The highest BCUT2D eigenvalue weighted by molar-refractivity contribution is 6.72. The summed E-state index contributed by atoms with van der Waals surface area (Å²) in [6, 6.07) is 24.8. The number of fused-ring (bicyclic) bond motifs is 2. The van der Waals surface area contributed by atoms with Crippen LogP contribution in [0, 0.1) is 5.92 Å². The van der Waals surface area contributed by atoms with E-state index in [2.05, 4.69) is 15.6 Å². The fourth-order valence-electron chi connectivity index (χ4n) is 8.01. The van der Waals surface area contributed by atoms with Gasteiger partial charge in [-0.25, -0.2) is 0 Å². The first kappa shape index (κ1) is 32.3. The third-order valence-corrected chi connectivity index (χ3v) is 12.7. The molecule has 2 N–H and O–H groups in total. The predicted molar refractivity (Wildman–Crippen MR) is 183 cm³/mol. The normalized spacial score (nSPS) is 24.8. The van der Waals surface area contributed by atoms with E-state index in [4.69, 9.17) is 4.74 Å². The van der Waals surface area contributed by atoms with Crippen LogP contribution in [0.5, 0.6) is 0 Å². The molecule has 250 valence electrons. The van der Waals surface area contributed by atoms with Gasteiger partial charge in [-0.1, -0.05) is 60.7 Å². The smallest absolute Gasteiger partial charge is 0.268 e. The molecule has 4 aromatic rings. The van der Waals surface area contributed by atoms with Gasteiger partial charge in [0.1, 0.15) is 0 Å². The lowest BCUT2D eigenvalue weighted by Gasteiger charge is -2.32. The van der Waals surface area contributed by atoms with Crippen molar-refractivity contribution in [3.63, 3.8) is 0 Å². The van der Waals surface area contributed by atoms with E-state index >= 15 is 4.11 Å². The maximum Gasteiger partial charge on any atom is 0.268 e. The molecule has 12 heteroatoms. The molecule has 48 heavy (non-hydrogen) atoms. The van der Waals surface area contributed by atoms with Crippen molar-refractivity contribution in [2.45, 2.75) is 56.1 Å². The Morgan fingerprint density at radius 1 is 1.06 bits per heavy atom. The highest BCUT2D eigenvalue weighted by Gasteiger charge is 2.67. The van der Waals surface area contributed by atoms with Gasteiger partial charge in [0.25, 0.3) is 5.91 Å². The first-order chi connectivity index (χ1) is 23.1. The number of para-hydroxylation sites is 1. The molecule has 3 aliphatic heterocycles. The van der Waals surface area contributed by atoms with Crippen LogP contribution in [0.4, 0.5) is 21.2 Å². The minimum atomic E-state index is -3.40. The van der Waals surface area contributed by atoms with Gasteiger partial charge >= 0.3 is 0 Å². The predicted octanol–water partition coefficient (Wildman–Crippen LogP) is 4.88. The molecule has 2 amide bonds. The van der Waals surface area contributed by atoms with Crippen LogP contribution >= 0.6 is 0 Å². The average Bonchev–Trinajstić information content (AvgIpc) is 3.74. The summed E-state index contributed by atoms with van der Waals surface area (Å²) in [4.78, 5) is 31.2. The van der Waals surface area contributed by atoms with Gasteiger partial charge in [-0.3, -0.25) is 19.2 Å². The number of aliphatic hydroxyl groups is 1. The van der Waals surface area contributed by atoms with Crippen LogP contribution in [-0.2, 0) is 26.5 Å². The molecule has 2 fully saturated rings. The van der Waals surface area contributed by atoms with Gasteiger partial charge in [0.05, 0.1) is 36.6 Å². The lowest BCUT2D eigenvalue weighted by atomic mass is 9.82. The van der Waals surface area contributed by atoms with Gasteiger partial charge in [0.15, 0.2) is 5.60 Å². The number of aromatic nitrogens is 3. The van der Waals surface area contributed by atoms with Crippen LogP contribution in [-0.4, -0.2) is 72.7 Å². The van der Waals surface area contributed by atoms with E-state index in [-0.39, 0.29) is 30.9 Å². The maximum absolute atomic E-state index is 16.5. The van der Waals surface area contributed by atoms with Crippen molar-refractivity contribution in [1.82, 2.24) is 20.3 Å². The minimum Gasteiger partial charge on any atom is -0.395 e. The second kappa shape index (κ2) is 12.7. The fraction of sp³-hybridized carbons (Fsp3) is 0.389. The number of piperazine rings is 1. The lowest BCUT2D eigenvalue weighted by Crippen LogP contribution is -2.48. The number of rotatable bonds is 9. The molecule has 0 bridgehead atoms. The van der Waals surface area contributed by atoms with Crippen LogP contribution in [0.2, 0.25) is 18.6 Å². The molecule has 3 aromatic carbocycles. The molecule has 4 heterocycles. The molecule has 0 saturated carbocycles. The Hall–Kier alpha value is -4.23. The Kier molecular flexibility index (Phi) is 8.52. The van der Waals surface area contributed by atoms with Crippen molar-refractivity contribution < 1.29 is 23.5 Å². The summed E-state index contributed by atoms with van der Waals surface area (Å²) in [6.07, 6.45) is 1.66.